The molecule has 14 heavy (non-hydrogen) atoms. The van der Waals surface area contributed by atoms with Gasteiger partial charge >= 0.3 is 0 Å². The molecule has 0 aliphatic rings. The molecule has 1 atom stereocenters. The molecule has 1 heteroatoms. The van der Waals surface area contributed by atoms with Crippen molar-refractivity contribution in [2.45, 2.75) is 39.2 Å². The number of aliphatic hydroxyl groups is 1. The molecule has 0 aromatic heterocycles. The summed E-state index contributed by atoms with van der Waals surface area (Å²) in [6.45, 7) is 4.38. The van der Waals surface area contributed by atoms with Gasteiger partial charge in [0.2, 0.25) is 0 Å². The van der Waals surface area contributed by atoms with E-state index < -0.39 is 0 Å². The summed E-state index contributed by atoms with van der Waals surface area (Å²) in [7, 11) is 0. The summed E-state index contributed by atoms with van der Waals surface area (Å²) in [6, 6.07) is 10.2. The molecule has 1 nitrogen and oxygen atoms in total. The highest BCUT2D eigenvalue weighted by Gasteiger charge is 2.06. The van der Waals surface area contributed by atoms with Gasteiger partial charge in [0.25, 0.3) is 0 Å². The Bertz CT molecular complexity index is 241. The summed E-state index contributed by atoms with van der Waals surface area (Å²) in [5.41, 5.74) is 1.23. The van der Waals surface area contributed by atoms with Gasteiger partial charge in [0.05, 0.1) is 6.10 Å². The summed E-state index contributed by atoms with van der Waals surface area (Å²) in [6.07, 6.45) is 2.62. The maximum absolute atomic E-state index is 9.75. The first-order valence-corrected chi connectivity index (χ1v) is 5.40. The van der Waals surface area contributed by atoms with Crippen molar-refractivity contribution in [3.05, 3.63) is 35.9 Å². The lowest BCUT2D eigenvalue weighted by Gasteiger charge is -2.11. The Morgan fingerprint density at radius 3 is 2.29 bits per heavy atom. The minimum Gasteiger partial charge on any atom is -0.393 e. The summed E-state index contributed by atoms with van der Waals surface area (Å²) < 4.78 is 0. The molecular formula is C13H20O. The van der Waals surface area contributed by atoms with Crippen LogP contribution in [0.15, 0.2) is 30.3 Å². The normalized spacial score (nSPS) is 13.1. The van der Waals surface area contributed by atoms with E-state index in [1.165, 1.54) is 5.56 Å². The second kappa shape index (κ2) is 5.82. The Morgan fingerprint density at radius 1 is 1.07 bits per heavy atom. The SMILES string of the molecule is CC(C)CCC(O)Cc1ccccc1. The largest absolute Gasteiger partial charge is 0.393 e. The van der Waals surface area contributed by atoms with Gasteiger partial charge in [-0.2, -0.15) is 0 Å². The molecule has 78 valence electrons. The van der Waals surface area contributed by atoms with Gasteiger partial charge in [-0.1, -0.05) is 44.2 Å². The second-order valence-corrected chi connectivity index (χ2v) is 4.31. The molecule has 1 unspecified atom stereocenters. The van der Waals surface area contributed by atoms with E-state index in [1.54, 1.807) is 0 Å². The highest BCUT2D eigenvalue weighted by Crippen LogP contribution is 2.11. The van der Waals surface area contributed by atoms with Crippen molar-refractivity contribution in [3.63, 3.8) is 0 Å². The topological polar surface area (TPSA) is 20.2 Å². The minimum atomic E-state index is -0.181. The van der Waals surface area contributed by atoms with Crippen LogP contribution >= 0.6 is 0 Å². The summed E-state index contributed by atoms with van der Waals surface area (Å²) >= 11 is 0. The van der Waals surface area contributed by atoms with Crippen LogP contribution in [-0.4, -0.2) is 11.2 Å². The van der Waals surface area contributed by atoms with Crippen molar-refractivity contribution < 1.29 is 5.11 Å². The third-order valence-electron chi connectivity index (χ3n) is 2.39. The maximum Gasteiger partial charge on any atom is 0.0580 e. The van der Waals surface area contributed by atoms with Crippen molar-refractivity contribution in [2.24, 2.45) is 5.92 Å². The molecule has 0 aliphatic heterocycles. The van der Waals surface area contributed by atoms with E-state index in [0.717, 1.165) is 19.3 Å². The Labute approximate surface area is 86.8 Å². The molecule has 0 heterocycles. The molecule has 0 amide bonds. The summed E-state index contributed by atoms with van der Waals surface area (Å²) in [5, 5.41) is 9.75. The fraction of sp³-hybridized carbons (Fsp3) is 0.538. The van der Waals surface area contributed by atoms with Crippen LogP contribution in [0.4, 0.5) is 0 Å². The van der Waals surface area contributed by atoms with Gasteiger partial charge in [-0.15, -0.1) is 0 Å². The quantitative estimate of drug-likeness (QED) is 0.760. The van der Waals surface area contributed by atoms with E-state index in [0.29, 0.717) is 5.92 Å². The predicted octanol–water partition coefficient (Wildman–Crippen LogP) is 3.03. The van der Waals surface area contributed by atoms with E-state index in [1.807, 2.05) is 18.2 Å². The van der Waals surface area contributed by atoms with Crippen molar-refractivity contribution in [3.8, 4) is 0 Å². The molecule has 0 bridgehead atoms. The smallest absolute Gasteiger partial charge is 0.0580 e. The van der Waals surface area contributed by atoms with Crippen LogP contribution in [0, 0.1) is 5.92 Å². The van der Waals surface area contributed by atoms with E-state index in [2.05, 4.69) is 26.0 Å². The first-order chi connectivity index (χ1) is 6.68. The summed E-state index contributed by atoms with van der Waals surface area (Å²) in [5.74, 6) is 0.681. The zero-order chi connectivity index (χ0) is 10.4. The molecule has 0 saturated heterocycles. The highest BCUT2D eigenvalue weighted by atomic mass is 16.3. The number of benzene rings is 1. The number of hydrogen-bond donors (Lipinski definition) is 1. The Balaban J connectivity index is 2.30. The van der Waals surface area contributed by atoms with Crippen molar-refractivity contribution in [2.75, 3.05) is 0 Å². The van der Waals surface area contributed by atoms with Crippen LogP contribution in [0.2, 0.25) is 0 Å². The van der Waals surface area contributed by atoms with Crippen molar-refractivity contribution in [1.29, 1.82) is 0 Å². The first kappa shape index (κ1) is 11.3. The van der Waals surface area contributed by atoms with Gasteiger partial charge in [0.1, 0.15) is 0 Å². The van der Waals surface area contributed by atoms with Crippen LogP contribution in [0.25, 0.3) is 0 Å². The van der Waals surface area contributed by atoms with Crippen LogP contribution < -0.4 is 0 Å². The molecule has 0 fully saturated rings. The van der Waals surface area contributed by atoms with Gasteiger partial charge < -0.3 is 5.11 Å². The lowest BCUT2D eigenvalue weighted by Crippen LogP contribution is -2.11. The zero-order valence-corrected chi connectivity index (χ0v) is 9.11. The third kappa shape index (κ3) is 4.43. The number of aliphatic hydroxyl groups excluding tert-OH is 1. The molecule has 0 spiro atoms. The van der Waals surface area contributed by atoms with E-state index >= 15 is 0 Å². The van der Waals surface area contributed by atoms with E-state index in [-0.39, 0.29) is 6.10 Å². The standard InChI is InChI=1S/C13H20O/c1-11(2)8-9-13(14)10-12-6-4-3-5-7-12/h3-7,11,13-14H,8-10H2,1-2H3. The Kier molecular flexibility index (Phi) is 4.68. The molecular weight excluding hydrogens is 172 g/mol. The summed E-state index contributed by atoms with van der Waals surface area (Å²) in [4.78, 5) is 0. The third-order valence-corrected chi connectivity index (χ3v) is 2.39. The van der Waals surface area contributed by atoms with E-state index in [9.17, 15) is 5.11 Å². The average molecular weight is 192 g/mol. The maximum atomic E-state index is 9.75. The van der Waals surface area contributed by atoms with E-state index in [4.69, 9.17) is 0 Å². The van der Waals surface area contributed by atoms with Crippen LogP contribution in [0.1, 0.15) is 32.3 Å². The van der Waals surface area contributed by atoms with Crippen LogP contribution in [-0.2, 0) is 6.42 Å². The predicted molar refractivity (Wildman–Crippen MR) is 60.2 cm³/mol. The molecule has 1 N–H and O–H groups in total. The lowest BCUT2D eigenvalue weighted by molar-refractivity contribution is 0.157. The van der Waals surface area contributed by atoms with Gasteiger partial charge in [-0.05, 0) is 30.7 Å². The monoisotopic (exact) mass is 192 g/mol. The number of rotatable bonds is 5. The van der Waals surface area contributed by atoms with Gasteiger partial charge in [-0.3, -0.25) is 0 Å². The highest BCUT2D eigenvalue weighted by molar-refractivity contribution is 5.15. The van der Waals surface area contributed by atoms with Gasteiger partial charge in [0.15, 0.2) is 0 Å². The van der Waals surface area contributed by atoms with Crippen LogP contribution in [0.5, 0.6) is 0 Å². The molecule has 0 radical (unpaired) electrons. The molecule has 0 aliphatic carbocycles. The molecule has 1 aromatic carbocycles. The first-order valence-electron chi connectivity index (χ1n) is 5.40. The van der Waals surface area contributed by atoms with Gasteiger partial charge in [0, 0.05) is 0 Å². The molecule has 1 rings (SSSR count). The fourth-order valence-electron chi connectivity index (χ4n) is 1.51. The second-order valence-electron chi connectivity index (χ2n) is 4.31. The average Bonchev–Trinajstić information content (AvgIpc) is 2.16. The Morgan fingerprint density at radius 2 is 1.71 bits per heavy atom. The molecule has 0 saturated carbocycles. The lowest BCUT2D eigenvalue weighted by atomic mass is 10.0. The van der Waals surface area contributed by atoms with Crippen LogP contribution in [0.3, 0.4) is 0 Å². The Hall–Kier alpha value is -0.820. The van der Waals surface area contributed by atoms with Crippen molar-refractivity contribution >= 4 is 0 Å². The van der Waals surface area contributed by atoms with Gasteiger partial charge in [-0.25, -0.2) is 0 Å². The molecule has 1 aromatic rings. The fourth-order valence-corrected chi connectivity index (χ4v) is 1.51. The zero-order valence-electron chi connectivity index (χ0n) is 9.11. The minimum absolute atomic E-state index is 0.181. The number of hydrogen-bond acceptors (Lipinski definition) is 1. The van der Waals surface area contributed by atoms with Crippen molar-refractivity contribution in [1.82, 2.24) is 0 Å².